The Morgan fingerprint density at radius 2 is 1.95 bits per heavy atom. The van der Waals surface area contributed by atoms with Crippen molar-refractivity contribution in [1.29, 1.82) is 0 Å². The normalized spacial score (nSPS) is 10.6. The molecule has 106 valence electrons. The molecule has 7 heteroatoms. The van der Waals surface area contributed by atoms with Crippen molar-refractivity contribution >= 4 is 21.6 Å². The molecule has 3 aromatic rings. The van der Waals surface area contributed by atoms with Gasteiger partial charge in [-0.2, -0.15) is 4.68 Å². The molecule has 1 heterocycles. The van der Waals surface area contributed by atoms with Crippen LogP contribution in [0.1, 0.15) is 5.82 Å². The van der Waals surface area contributed by atoms with Crippen molar-refractivity contribution < 1.29 is 4.39 Å². The molecule has 21 heavy (non-hydrogen) atoms. The van der Waals surface area contributed by atoms with E-state index in [1.54, 1.807) is 16.8 Å². The second kappa shape index (κ2) is 6.01. The summed E-state index contributed by atoms with van der Waals surface area (Å²) in [4.78, 5) is 0. The number of rotatable bonds is 4. The number of benzene rings is 2. The maximum absolute atomic E-state index is 13.7. The topological polar surface area (TPSA) is 55.6 Å². The fourth-order valence-electron chi connectivity index (χ4n) is 1.89. The lowest BCUT2D eigenvalue weighted by molar-refractivity contribution is 0.629. The van der Waals surface area contributed by atoms with E-state index >= 15 is 0 Å². The van der Waals surface area contributed by atoms with E-state index in [0.717, 1.165) is 10.2 Å². The molecule has 5 nitrogen and oxygen atoms in total. The van der Waals surface area contributed by atoms with Crippen LogP contribution in [0.3, 0.4) is 0 Å². The van der Waals surface area contributed by atoms with E-state index in [1.807, 2.05) is 30.3 Å². The lowest BCUT2D eigenvalue weighted by Crippen LogP contribution is -2.09. The van der Waals surface area contributed by atoms with Crippen LogP contribution in [-0.4, -0.2) is 20.2 Å². The summed E-state index contributed by atoms with van der Waals surface area (Å²) in [5, 5.41) is 14.6. The molecule has 0 unspecified atom stereocenters. The summed E-state index contributed by atoms with van der Waals surface area (Å²) < 4.78 is 16.1. The molecule has 0 saturated heterocycles. The Balaban J connectivity index is 1.81. The van der Waals surface area contributed by atoms with Crippen LogP contribution in [0.15, 0.2) is 53.0 Å². The van der Waals surface area contributed by atoms with Crippen LogP contribution >= 0.6 is 15.9 Å². The van der Waals surface area contributed by atoms with Crippen LogP contribution < -0.4 is 5.32 Å². The predicted octanol–water partition coefficient (Wildman–Crippen LogP) is 3.18. The SMILES string of the molecule is Fc1ccc(Br)cc1NCc1nnnn1-c1ccccc1. The van der Waals surface area contributed by atoms with Gasteiger partial charge in [0, 0.05) is 4.47 Å². The number of nitrogens with zero attached hydrogens (tertiary/aromatic N) is 4. The van der Waals surface area contributed by atoms with Crippen molar-refractivity contribution in [2.45, 2.75) is 6.54 Å². The summed E-state index contributed by atoms with van der Waals surface area (Å²) in [7, 11) is 0. The number of tetrazole rings is 1. The van der Waals surface area contributed by atoms with E-state index in [0.29, 0.717) is 18.1 Å². The van der Waals surface area contributed by atoms with E-state index in [4.69, 9.17) is 0 Å². The third-order valence-corrected chi connectivity index (χ3v) is 3.39. The molecule has 0 spiro atoms. The zero-order chi connectivity index (χ0) is 14.7. The van der Waals surface area contributed by atoms with Gasteiger partial charge < -0.3 is 5.32 Å². The number of anilines is 1. The average Bonchev–Trinajstić information content (AvgIpc) is 2.97. The van der Waals surface area contributed by atoms with Gasteiger partial charge in [0.1, 0.15) is 5.82 Å². The quantitative estimate of drug-likeness (QED) is 0.787. The highest BCUT2D eigenvalue weighted by atomic mass is 79.9. The van der Waals surface area contributed by atoms with Crippen molar-refractivity contribution in [2.75, 3.05) is 5.32 Å². The van der Waals surface area contributed by atoms with Gasteiger partial charge >= 0.3 is 0 Å². The first kappa shape index (κ1) is 13.7. The van der Waals surface area contributed by atoms with Gasteiger partial charge in [-0.15, -0.1) is 5.10 Å². The molecule has 0 aliphatic heterocycles. The summed E-state index contributed by atoms with van der Waals surface area (Å²) in [5.74, 6) is 0.275. The average molecular weight is 348 g/mol. The largest absolute Gasteiger partial charge is 0.375 e. The van der Waals surface area contributed by atoms with Crippen LogP contribution in [0.2, 0.25) is 0 Å². The van der Waals surface area contributed by atoms with E-state index in [-0.39, 0.29) is 5.82 Å². The summed E-state index contributed by atoms with van der Waals surface area (Å²) in [6.07, 6.45) is 0. The van der Waals surface area contributed by atoms with Crippen LogP contribution in [0.25, 0.3) is 5.69 Å². The minimum absolute atomic E-state index is 0.315. The van der Waals surface area contributed by atoms with Crippen molar-refractivity contribution in [3.05, 3.63) is 64.6 Å². The minimum atomic E-state index is -0.322. The molecular formula is C14H11BrFN5. The molecular weight excluding hydrogens is 337 g/mol. The van der Waals surface area contributed by atoms with Gasteiger partial charge in [0.2, 0.25) is 0 Å². The van der Waals surface area contributed by atoms with Gasteiger partial charge in [0.25, 0.3) is 0 Å². The minimum Gasteiger partial charge on any atom is -0.375 e. The maximum atomic E-state index is 13.7. The van der Waals surface area contributed by atoms with E-state index < -0.39 is 0 Å². The second-order valence-corrected chi connectivity index (χ2v) is 5.24. The smallest absolute Gasteiger partial charge is 0.175 e. The summed E-state index contributed by atoms with van der Waals surface area (Å²) in [5.41, 5.74) is 1.25. The number of aromatic nitrogens is 4. The Labute approximate surface area is 128 Å². The predicted molar refractivity (Wildman–Crippen MR) is 80.6 cm³/mol. The highest BCUT2D eigenvalue weighted by molar-refractivity contribution is 9.10. The monoisotopic (exact) mass is 347 g/mol. The van der Waals surface area contributed by atoms with E-state index in [2.05, 4.69) is 36.8 Å². The Morgan fingerprint density at radius 3 is 2.76 bits per heavy atom. The molecule has 0 saturated carbocycles. The molecule has 0 bridgehead atoms. The molecule has 2 aromatic carbocycles. The Hall–Kier alpha value is -2.28. The van der Waals surface area contributed by atoms with Gasteiger partial charge in [0.15, 0.2) is 5.82 Å². The third-order valence-electron chi connectivity index (χ3n) is 2.90. The van der Waals surface area contributed by atoms with Crippen LogP contribution in [0.4, 0.5) is 10.1 Å². The number of halogens is 2. The lowest BCUT2D eigenvalue weighted by Gasteiger charge is -2.08. The van der Waals surface area contributed by atoms with Crippen LogP contribution in [0.5, 0.6) is 0 Å². The zero-order valence-corrected chi connectivity index (χ0v) is 12.5. The standard InChI is InChI=1S/C14H11BrFN5/c15-10-6-7-12(16)13(8-10)17-9-14-18-19-20-21(14)11-4-2-1-3-5-11/h1-8,17H,9H2. The van der Waals surface area contributed by atoms with Crippen molar-refractivity contribution in [2.24, 2.45) is 0 Å². The number of para-hydroxylation sites is 1. The van der Waals surface area contributed by atoms with Gasteiger partial charge in [-0.05, 0) is 40.8 Å². The fourth-order valence-corrected chi connectivity index (χ4v) is 2.25. The van der Waals surface area contributed by atoms with Gasteiger partial charge in [-0.1, -0.05) is 34.1 Å². The molecule has 1 aromatic heterocycles. The first-order chi connectivity index (χ1) is 10.2. The maximum Gasteiger partial charge on any atom is 0.175 e. The zero-order valence-electron chi connectivity index (χ0n) is 10.9. The Bertz CT molecular complexity index is 744. The highest BCUT2D eigenvalue weighted by Crippen LogP contribution is 2.20. The molecule has 0 aliphatic carbocycles. The van der Waals surface area contributed by atoms with E-state index in [9.17, 15) is 4.39 Å². The van der Waals surface area contributed by atoms with Gasteiger partial charge in [-0.3, -0.25) is 0 Å². The first-order valence-electron chi connectivity index (χ1n) is 6.25. The summed E-state index contributed by atoms with van der Waals surface area (Å²) in [6, 6.07) is 14.2. The van der Waals surface area contributed by atoms with Crippen LogP contribution in [0, 0.1) is 5.82 Å². The Kier molecular flexibility index (Phi) is 3.92. The van der Waals surface area contributed by atoms with Gasteiger partial charge in [-0.25, -0.2) is 4.39 Å². The van der Waals surface area contributed by atoms with Crippen molar-refractivity contribution in [1.82, 2.24) is 20.2 Å². The Morgan fingerprint density at radius 1 is 1.14 bits per heavy atom. The number of hydrogen-bond acceptors (Lipinski definition) is 4. The molecule has 0 amide bonds. The van der Waals surface area contributed by atoms with Crippen LogP contribution in [-0.2, 0) is 6.54 Å². The molecule has 3 rings (SSSR count). The van der Waals surface area contributed by atoms with Gasteiger partial charge in [0.05, 0.1) is 17.9 Å². The molecule has 0 fully saturated rings. The van der Waals surface area contributed by atoms with E-state index in [1.165, 1.54) is 6.07 Å². The number of hydrogen-bond donors (Lipinski definition) is 1. The number of nitrogens with one attached hydrogen (secondary N) is 1. The second-order valence-electron chi connectivity index (χ2n) is 4.32. The highest BCUT2D eigenvalue weighted by Gasteiger charge is 2.09. The van der Waals surface area contributed by atoms with Crippen molar-refractivity contribution in [3.8, 4) is 5.69 Å². The molecule has 1 N–H and O–H groups in total. The molecule has 0 radical (unpaired) electrons. The van der Waals surface area contributed by atoms with Crippen molar-refractivity contribution in [3.63, 3.8) is 0 Å². The third kappa shape index (κ3) is 3.08. The molecule has 0 aliphatic rings. The summed E-state index contributed by atoms with van der Waals surface area (Å²) >= 11 is 3.31. The fraction of sp³-hybridized carbons (Fsp3) is 0.0714. The lowest BCUT2D eigenvalue weighted by atomic mass is 10.3. The summed E-state index contributed by atoms with van der Waals surface area (Å²) in [6.45, 7) is 0.315. The first-order valence-corrected chi connectivity index (χ1v) is 7.05. The molecule has 0 atom stereocenters.